The van der Waals surface area contributed by atoms with E-state index in [0.717, 1.165) is 25.7 Å². The van der Waals surface area contributed by atoms with Gasteiger partial charge in [-0.05, 0) is 146 Å². The maximum Gasteiger partial charge on any atom is 0.407 e. The minimum atomic E-state index is -1.66. The van der Waals surface area contributed by atoms with E-state index < -0.39 is 40.6 Å². The number of aromatic nitrogens is 4. The summed E-state index contributed by atoms with van der Waals surface area (Å²) in [5, 5.41) is 37.5. The third-order valence-electron chi connectivity index (χ3n) is 15.2. The predicted molar refractivity (Wildman–Crippen MR) is 305 cm³/mol. The molecule has 0 saturated heterocycles. The number of hydrogen-bond donors (Lipinski definition) is 7. The molecule has 11 nitrogen and oxygen atoms in total. The monoisotopic (exact) mass is 1090 g/mol. The van der Waals surface area contributed by atoms with E-state index in [1.54, 1.807) is 60.7 Å². The standard InChI is InChI=1S/C61H54F4N6O5S2/c1-33-7-6-24-61(2)40(15-14-33)41(61)32-76-60(75)67-26-28-78-77-27-25-66-59-57(64)55(62)54(56(63)58(59)65)53-48-22-20-46(70-48)51(35-9-4-12-38(73)30-35)44-18-16-42(68-44)50(34-8-3-11-37(72)29-34)43-17-19-45(69-43)52(47-21-23-49(53)71-47)36-10-5-13-39(74)31-36/h3-5,7-13,16-23,29-31,40-41,66,68,71-74H,6,14-15,24-28,32H2,1-2H3,(H,67,75)/t40-,41?,61-/m0/s1. The van der Waals surface area contributed by atoms with Crippen LogP contribution in [0.4, 0.5) is 28.0 Å². The highest BCUT2D eigenvalue weighted by Gasteiger charge is 2.60. The Morgan fingerprint density at radius 1 is 0.654 bits per heavy atom. The van der Waals surface area contributed by atoms with E-state index in [0.29, 0.717) is 97.8 Å². The second kappa shape index (κ2) is 21.9. The topological polar surface area (TPSA) is 168 Å². The molecule has 4 aliphatic rings. The van der Waals surface area contributed by atoms with Crippen LogP contribution in [0.15, 0.2) is 109 Å². The summed E-state index contributed by atoms with van der Waals surface area (Å²) in [4.78, 5) is 29.3. The van der Waals surface area contributed by atoms with Crippen molar-refractivity contribution in [3.05, 3.63) is 155 Å². The smallest absolute Gasteiger partial charge is 0.407 e. The summed E-state index contributed by atoms with van der Waals surface area (Å²) in [5.74, 6) is -4.91. The fourth-order valence-corrected chi connectivity index (χ4v) is 13.0. The fraction of sp³-hybridized carbons (Fsp3) is 0.230. The van der Waals surface area contributed by atoms with E-state index >= 15 is 17.6 Å². The molecule has 1 saturated carbocycles. The summed E-state index contributed by atoms with van der Waals surface area (Å²) in [5.41, 5.74) is 5.28. The van der Waals surface area contributed by atoms with E-state index in [4.69, 9.17) is 14.7 Å². The Morgan fingerprint density at radius 3 is 1.60 bits per heavy atom. The maximum absolute atomic E-state index is 17.0. The van der Waals surface area contributed by atoms with Gasteiger partial charge in [-0.2, -0.15) is 0 Å². The van der Waals surface area contributed by atoms with Gasteiger partial charge >= 0.3 is 6.09 Å². The minimum absolute atomic E-state index is 0.0304. The molecule has 11 rings (SSSR count). The number of rotatable bonds is 14. The molecular weight excluding hydrogens is 1040 g/mol. The van der Waals surface area contributed by atoms with E-state index in [-0.39, 0.29) is 51.7 Å². The number of H-pyrrole nitrogens is 2. The Morgan fingerprint density at radius 2 is 1.12 bits per heavy atom. The number of aromatic hydroxyl groups is 3. The first kappa shape index (κ1) is 52.2. The molecule has 3 atom stereocenters. The molecular formula is C61H54F4N6O5S2. The number of phenolic OH excluding ortho intramolecular Hbond substituents is 3. The molecule has 0 spiro atoms. The van der Waals surface area contributed by atoms with Crippen LogP contribution in [0, 0.1) is 40.5 Å². The highest BCUT2D eigenvalue weighted by molar-refractivity contribution is 8.76. The van der Waals surface area contributed by atoms with Crippen LogP contribution in [0.3, 0.4) is 0 Å². The van der Waals surface area contributed by atoms with Gasteiger partial charge in [0.05, 0.1) is 34.9 Å². The zero-order valence-electron chi connectivity index (χ0n) is 42.5. The number of carbonyl (C=O) groups is 1. The summed E-state index contributed by atoms with van der Waals surface area (Å²) in [6.45, 7) is 5.15. The summed E-state index contributed by atoms with van der Waals surface area (Å²) in [6.07, 6.45) is 12.9. The van der Waals surface area contributed by atoms with Crippen molar-refractivity contribution < 1.29 is 42.4 Å². The van der Waals surface area contributed by atoms with Gasteiger partial charge in [0.2, 0.25) is 0 Å². The lowest BCUT2D eigenvalue weighted by Gasteiger charge is -2.14. The molecule has 8 bridgehead atoms. The molecule has 7 N–H and O–H groups in total. The number of phenols is 3. The Bertz CT molecular complexity index is 3730. The molecule has 2 aliphatic heterocycles. The van der Waals surface area contributed by atoms with E-state index in [1.807, 2.05) is 24.3 Å². The molecule has 17 heteroatoms. The van der Waals surface area contributed by atoms with Crippen LogP contribution in [0.2, 0.25) is 0 Å². The van der Waals surface area contributed by atoms with Crippen molar-refractivity contribution in [3.8, 4) is 61.8 Å². The number of halogens is 4. The lowest BCUT2D eigenvalue weighted by atomic mass is 9.92. The van der Waals surface area contributed by atoms with Gasteiger partial charge in [0, 0.05) is 74.8 Å². The number of aromatic amines is 2. The second-order valence-corrected chi connectivity index (χ2v) is 22.8. The molecule has 3 aromatic heterocycles. The van der Waals surface area contributed by atoms with Crippen LogP contribution in [-0.4, -0.2) is 72.6 Å². The van der Waals surface area contributed by atoms with Crippen LogP contribution in [-0.2, 0) is 4.74 Å². The van der Waals surface area contributed by atoms with Gasteiger partial charge in [-0.25, -0.2) is 32.3 Å². The number of hydrogen-bond acceptors (Lipinski definition) is 10. The molecule has 1 amide bonds. The van der Waals surface area contributed by atoms with Crippen molar-refractivity contribution in [2.24, 2.45) is 17.3 Å². The lowest BCUT2D eigenvalue weighted by Crippen LogP contribution is -2.27. The number of allylic oxidation sites excluding steroid dienone is 2. The van der Waals surface area contributed by atoms with Crippen LogP contribution >= 0.6 is 21.6 Å². The molecule has 0 radical (unpaired) electrons. The zero-order chi connectivity index (χ0) is 54.2. The van der Waals surface area contributed by atoms with Gasteiger partial charge < -0.3 is 40.7 Å². The largest absolute Gasteiger partial charge is 0.508 e. The summed E-state index contributed by atoms with van der Waals surface area (Å²) >= 11 is 0. The maximum atomic E-state index is 17.0. The molecule has 398 valence electrons. The van der Waals surface area contributed by atoms with Crippen molar-refractivity contribution in [3.63, 3.8) is 0 Å². The summed E-state index contributed by atoms with van der Waals surface area (Å²) in [7, 11) is 2.78. The number of ether oxygens (including phenoxy) is 1. The molecule has 7 aromatic rings. The Balaban J connectivity index is 0.923. The Labute approximate surface area is 455 Å². The fourth-order valence-electron chi connectivity index (χ4n) is 11.2. The first-order valence-electron chi connectivity index (χ1n) is 25.7. The number of amides is 1. The molecule has 1 fully saturated rings. The van der Waals surface area contributed by atoms with Gasteiger partial charge in [0.25, 0.3) is 0 Å². The van der Waals surface area contributed by atoms with Crippen molar-refractivity contribution in [2.45, 2.75) is 39.5 Å². The van der Waals surface area contributed by atoms with Gasteiger partial charge in [-0.1, -0.05) is 76.6 Å². The van der Waals surface area contributed by atoms with Gasteiger partial charge in [-0.15, -0.1) is 0 Å². The number of anilines is 1. The second-order valence-electron chi connectivity index (χ2n) is 20.1. The van der Waals surface area contributed by atoms with Gasteiger partial charge in [0.15, 0.2) is 23.3 Å². The highest BCUT2D eigenvalue weighted by atomic mass is 33.1. The Kier molecular flexibility index (Phi) is 14.6. The predicted octanol–water partition coefficient (Wildman–Crippen LogP) is 15.3. The minimum Gasteiger partial charge on any atom is -0.508 e. The van der Waals surface area contributed by atoms with Gasteiger partial charge in [-0.3, -0.25) is 0 Å². The summed E-state index contributed by atoms with van der Waals surface area (Å²) in [6, 6.07) is 26.5. The van der Waals surface area contributed by atoms with E-state index in [2.05, 4.69) is 40.5 Å². The summed E-state index contributed by atoms with van der Waals surface area (Å²) < 4.78 is 72.4. The van der Waals surface area contributed by atoms with Crippen molar-refractivity contribution in [2.75, 3.05) is 36.5 Å². The van der Waals surface area contributed by atoms with E-state index in [1.165, 1.54) is 63.6 Å². The number of benzene rings is 4. The van der Waals surface area contributed by atoms with Crippen LogP contribution in [0.5, 0.6) is 17.2 Å². The van der Waals surface area contributed by atoms with Crippen molar-refractivity contribution in [1.82, 2.24) is 25.3 Å². The van der Waals surface area contributed by atoms with Crippen LogP contribution in [0.1, 0.15) is 62.3 Å². The first-order valence-corrected chi connectivity index (χ1v) is 28.2. The SMILES string of the molecule is CC1=CCC[C@]2(C)C(COC(=O)NCCSSCCNc3c(F)c(F)c(-c4c5nc(c(-c6cccc(O)c6)c6ccc([nH]6)c(-c6cccc(O)c6)c6nc(c(-c7cccc(O)c7)c7ccc4[nH]7)C=C6)C=C5)c(F)c3F)[C@@H]2CC1. The van der Waals surface area contributed by atoms with Crippen molar-refractivity contribution >= 4 is 79.7 Å². The molecule has 78 heavy (non-hydrogen) atoms. The quantitative estimate of drug-likeness (QED) is 0.0183. The average Bonchev–Trinajstić information content (AvgIpc) is 4.34. The normalized spacial score (nSPS) is 17.5. The zero-order valence-corrected chi connectivity index (χ0v) is 44.2. The first-order chi connectivity index (χ1) is 37.7. The Hall–Kier alpha value is -7.89. The van der Waals surface area contributed by atoms with Crippen molar-refractivity contribution in [1.29, 1.82) is 0 Å². The van der Waals surface area contributed by atoms with Crippen LogP contribution in [0.25, 0.3) is 90.9 Å². The van der Waals surface area contributed by atoms with Crippen LogP contribution < -0.4 is 10.6 Å². The number of carbonyl (C=O) groups excluding carboxylic acids is 1. The lowest BCUT2D eigenvalue weighted by molar-refractivity contribution is 0.135. The third kappa shape index (κ3) is 10.4. The van der Waals surface area contributed by atoms with Gasteiger partial charge in [0.1, 0.15) is 22.9 Å². The molecule has 5 heterocycles. The average molecular weight is 1090 g/mol. The molecule has 4 aromatic carbocycles. The molecule has 1 unspecified atom stereocenters. The number of alkyl carbamates (subject to hydrolysis) is 1. The van der Waals surface area contributed by atoms with E-state index in [9.17, 15) is 20.1 Å². The number of nitrogens with one attached hydrogen (secondary N) is 4. The number of nitrogens with zero attached hydrogens (tertiary/aromatic N) is 2. The number of fused-ring (bicyclic) bond motifs is 9. The molecule has 2 aliphatic carbocycles. The highest BCUT2D eigenvalue weighted by Crippen LogP contribution is 2.64. The third-order valence-corrected chi connectivity index (χ3v) is 17.6.